The van der Waals surface area contributed by atoms with Gasteiger partial charge in [-0.2, -0.15) is 5.10 Å². The maximum atomic E-state index is 5.57. The van der Waals surface area contributed by atoms with E-state index in [4.69, 9.17) is 4.74 Å². The minimum absolute atomic E-state index is 0.102. The van der Waals surface area contributed by atoms with E-state index in [-0.39, 0.29) is 12.1 Å². The first-order valence-electron chi connectivity index (χ1n) is 6.81. The molecule has 0 radical (unpaired) electrons. The van der Waals surface area contributed by atoms with Crippen molar-refractivity contribution >= 4 is 0 Å². The third-order valence-electron chi connectivity index (χ3n) is 3.06. The van der Waals surface area contributed by atoms with Crippen LogP contribution < -0.4 is 5.32 Å². The number of aromatic nitrogens is 3. The van der Waals surface area contributed by atoms with E-state index in [1.54, 1.807) is 13.4 Å². The molecular formula is C13H26N4O. The molecule has 0 fully saturated rings. The molecule has 0 aromatic carbocycles. The molecule has 104 valence electrons. The van der Waals surface area contributed by atoms with Crippen molar-refractivity contribution in [2.24, 2.45) is 0 Å². The van der Waals surface area contributed by atoms with Crippen molar-refractivity contribution in [2.45, 2.75) is 58.7 Å². The minimum Gasteiger partial charge on any atom is -0.379 e. The molecule has 0 spiro atoms. The van der Waals surface area contributed by atoms with E-state index in [1.807, 2.05) is 4.68 Å². The lowest BCUT2D eigenvalue weighted by atomic mass is 10.1. The Balaban J connectivity index is 2.96. The van der Waals surface area contributed by atoms with Crippen LogP contribution in [0, 0.1) is 0 Å². The second kappa shape index (κ2) is 7.48. The zero-order chi connectivity index (χ0) is 13.5. The van der Waals surface area contributed by atoms with Gasteiger partial charge in [-0.05, 0) is 33.2 Å². The van der Waals surface area contributed by atoms with Gasteiger partial charge in [0.2, 0.25) is 0 Å². The van der Waals surface area contributed by atoms with E-state index in [0.29, 0.717) is 6.04 Å². The number of methoxy groups -OCH3 is 1. The number of rotatable bonds is 8. The molecule has 0 bridgehead atoms. The van der Waals surface area contributed by atoms with Crippen molar-refractivity contribution in [1.29, 1.82) is 0 Å². The quantitative estimate of drug-likeness (QED) is 0.773. The number of hydrogen-bond donors (Lipinski definition) is 1. The van der Waals surface area contributed by atoms with Gasteiger partial charge in [-0.25, -0.2) is 9.67 Å². The normalized spacial score (nSPS) is 15.0. The average molecular weight is 254 g/mol. The summed E-state index contributed by atoms with van der Waals surface area (Å²) >= 11 is 0. The Morgan fingerprint density at radius 3 is 2.61 bits per heavy atom. The summed E-state index contributed by atoms with van der Waals surface area (Å²) < 4.78 is 7.54. The largest absolute Gasteiger partial charge is 0.379 e. The topological polar surface area (TPSA) is 52.0 Å². The van der Waals surface area contributed by atoms with Crippen molar-refractivity contribution in [1.82, 2.24) is 20.1 Å². The van der Waals surface area contributed by atoms with Crippen LogP contribution in [-0.4, -0.2) is 34.5 Å². The number of nitrogens with zero attached hydrogens (tertiary/aromatic N) is 3. The molecule has 0 aliphatic rings. The second-order valence-electron chi connectivity index (χ2n) is 4.77. The fraction of sp³-hybridized carbons (Fsp3) is 0.846. The van der Waals surface area contributed by atoms with Gasteiger partial charge in [-0.15, -0.1) is 0 Å². The Bertz CT molecular complexity index is 333. The van der Waals surface area contributed by atoms with Gasteiger partial charge in [0.05, 0.1) is 12.1 Å². The maximum Gasteiger partial charge on any atom is 0.146 e. The van der Waals surface area contributed by atoms with Crippen LogP contribution >= 0.6 is 0 Å². The van der Waals surface area contributed by atoms with E-state index in [1.165, 1.54) is 0 Å². The van der Waals surface area contributed by atoms with Crippen molar-refractivity contribution in [3.05, 3.63) is 12.2 Å². The molecule has 1 N–H and O–H groups in total. The summed E-state index contributed by atoms with van der Waals surface area (Å²) in [5.41, 5.74) is 0. The Kier molecular flexibility index (Phi) is 6.29. The highest BCUT2D eigenvalue weighted by atomic mass is 16.5. The average Bonchev–Trinajstić information content (AvgIpc) is 2.83. The lowest BCUT2D eigenvalue weighted by Crippen LogP contribution is -2.36. The van der Waals surface area contributed by atoms with Gasteiger partial charge in [0.15, 0.2) is 0 Å². The van der Waals surface area contributed by atoms with E-state index in [9.17, 15) is 0 Å². The van der Waals surface area contributed by atoms with Gasteiger partial charge < -0.3 is 10.1 Å². The molecule has 2 unspecified atom stereocenters. The van der Waals surface area contributed by atoms with Crippen molar-refractivity contribution in [3.63, 3.8) is 0 Å². The first-order valence-corrected chi connectivity index (χ1v) is 6.81. The lowest BCUT2D eigenvalue weighted by Gasteiger charge is -2.26. The van der Waals surface area contributed by atoms with Crippen LogP contribution in [0.25, 0.3) is 0 Å². The first-order chi connectivity index (χ1) is 8.65. The highest BCUT2D eigenvalue weighted by Gasteiger charge is 2.26. The highest BCUT2D eigenvalue weighted by molar-refractivity contribution is 4.99. The maximum absolute atomic E-state index is 5.57. The second-order valence-corrected chi connectivity index (χ2v) is 4.77. The molecule has 1 aromatic heterocycles. The molecule has 18 heavy (non-hydrogen) atoms. The number of ether oxygens (including phenoxy) is 1. The Hall–Kier alpha value is -0.940. The van der Waals surface area contributed by atoms with Crippen molar-refractivity contribution in [2.75, 3.05) is 13.7 Å². The third kappa shape index (κ3) is 3.53. The van der Waals surface area contributed by atoms with Gasteiger partial charge >= 0.3 is 0 Å². The third-order valence-corrected chi connectivity index (χ3v) is 3.06. The summed E-state index contributed by atoms with van der Waals surface area (Å²) in [6, 6.07) is 0.410. The van der Waals surface area contributed by atoms with Crippen LogP contribution in [0.2, 0.25) is 0 Å². The molecule has 2 atom stereocenters. The van der Waals surface area contributed by atoms with Crippen LogP contribution in [0.5, 0.6) is 0 Å². The Labute approximate surface area is 110 Å². The molecule has 0 aliphatic carbocycles. The monoisotopic (exact) mass is 254 g/mol. The standard InChI is InChI=1S/C13H26N4O/c1-6-8-14-12(11(7-2)18-5)13-15-9-16-17(13)10(3)4/h9-12,14H,6-8H2,1-5H3. The molecule has 1 aromatic rings. The SMILES string of the molecule is CCCNC(c1ncnn1C(C)C)C(CC)OC. The summed E-state index contributed by atoms with van der Waals surface area (Å²) in [5.74, 6) is 0.965. The number of hydrogen-bond acceptors (Lipinski definition) is 4. The molecule has 0 amide bonds. The molecule has 1 rings (SSSR count). The van der Waals surface area contributed by atoms with Crippen molar-refractivity contribution in [3.8, 4) is 0 Å². The van der Waals surface area contributed by atoms with Crippen LogP contribution in [0.1, 0.15) is 58.4 Å². The minimum atomic E-state index is 0.102. The van der Waals surface area contributed by atoms with E-state index in [0.717, 1.165) is 25.2 Å². The zero-order valence-electron chi connectivity index (χ0n) is 12.2. The molecule has 0 aliphatic heterocycles. The summed E-state index contributed by atoms with van der Waals surface area (Å²) in [4.78, 5) is 4.42. The van der Waals surface area contributed by atoms with E-state index in [2.05, 4.69) is 43.1 Å². The van der Waals surface area contributed by atoms with Crippen LogP contribution in [-0.2, 0) is 4.74 Å². The summed E-state index contributed by atoms with van der Waals surface area (Å²) in [5, 5.41) is 7.83. The van der Waals surface area contributed by atoms with Gasteiger partial charge in [-0.1, -0.05) is 13.8 Å². The fourth-order valence-electron chi connectivity index (χ4n) is 2.11. The summed E-state index contributed by atoms with van der Waals surface area (Å²) in [6.45, 7) is 9.47. The molecule has 0 saturated carbocycles. The smallest absolute Gasteiger partial charge is 0.146 e. The van der Waals surface area contributed by atoms with E-state index >= 15 is 0 Å². The Morgan fingerprint density at radius 2 is 2.11 bits per heavy atom. The van der Waals surface area contributed by atoms with Crippen LogP contribution in [0.15, 0.2) is 6.33 Å². The fourth-order valence-corrected chi connectivity index (χ4v) is 2.11. The van der Waals surface area contributed by atoms with Gasteiger partial charge in [-0.3, -0.25) is 0 Å². The van der Waals surface area contributed by atoms with Crippen LogP contribution in [0.3, 0.4) is 0 Å². The highest BCUT2D eigenvalue weighted by Crippen LogP contribution is 2.21. The molecule has 1 heterocycles. The molecule has 5 nitrogen and oxygen atoms in total. The van der Waals surface area contributed by atoms with Crippen molar-refractivity contribution < 1.29 is 4.74 Å². The van der Waals surface area contributed by atoms with Gasteiger partial charge in [0.1, 0.15) is 12.2 Å². The van der Waals surface area contributed by atoms with E-state index < -0.39 is 0 Å². The molecule has 0 saturated heterocycles. The predicted molar refractivity (Wildman–Crippen MR) is 72.5 cm³/mol. The first kappa shape index (κ1) is 15.1. The zero-order valence-corrected chi connectivity index (χ0v) is 12.2. The predicted octanol–water partition coefficient (Wildman–Crippen LogP) is 2.32. The Morgan fingerprint density at radius 1 is 1.39 bits per heavy atom. The molecular weight excluding hydrogens is 228 g/mol. The molecule has 5 heteroatoms. The lowest BCUT2D eigenvalue weighted by molar-refractivity contribution is 0.0604. The summed E-state index contributed by atoms with van der Waals surface area (Å²) in [7, 11) is 1.75. The number of nitrogens with one attached hydrogen (secondary N) is 1. The summed E-state index contributed by atoms with van der Waals surface area (Å²) in [6.07, 6.45) is 3.78. The van der Waals surface area contributed by atoms with Gasteiger partial charge in [0, 0.05) is 13.2 Å². The van der Waals surface area contributed by atoms with Crippen LogP contribution in [0.4, 0.5) is 0 Å². The van der Waals surface area contributed by atoms with Gasteiger partial charge in [0.25, 0.3) is 0 Å².